The van der Waals surface area contributed by atoms with Gasteiger partial charge in [-0.2, -0.15) is 5.10 Å². The van der Waals surface area contributed by atoms with Crippen LogP contribution in [0, 0.1) is 0 Å². The van der Waals surface area contributed by atoms with Gasteiger partial charge in [0.25, 0.3) is 0 Å². The van der Waals surface area contributed by atoms with E-state index in [1.807, 2.05) is 66.2 Å². The maximum absolute atomic E-state index is 10.3. The smallest absolute Gasteiger partial charge is 0.164 e. The van der Waals surface area contributed by atoms with Crippen LogP contribution >= 0.6 is 0 Å². The molecule has 7 heteroatoms. The number of benzene rings is 2. The lowest BCUT2D eigenvalue weighted by Gasteiger charge is -2.33. The van der Waals surface area contributed by atoms with Gasteiger partial charge in [0.2, 0.25) is 0 Å². The Morgan fingerprint density at radius 1 is 1.00 bits per heavy atom. The summed E-state index contributed by atoms with van der Waals surface area (Å²) in [6.45, 7) is 1.90. The van der Waals surface area contributed by atoms with Gasteiger partial charge < -0.3 is 15.6 Å². The lowest BCUT2D eigenvalue weighted by atomic mass is 9.84. The molecule has 2 aromatic carbocycles. The van der Waals surface area contributed by atoms with Crippen LogP contribution in [0.3, 0.4) is 0 Å². The van der Waals surface area contributed by atoms with Crippen molar-refractivity contribution in [3.8, 4) is 22.8 Å². The summed E-state index contributed by atoms with van der Waals surface area (Å²) in [5.74, 6) is 1.95. The summed E-state index contributed by atoms with van der Waals surface area (Å²) in [4.78, 5) is 8.69. The molecule has 2 heterocycles. The second kappa shape index (κ2) is 7.67. The minimum atomic E-state index is -0.606. The van der Waals surface area contributed by atoms with Crippen molar-refractivity contribution in [1.29, 1.82) is 0 Å². The van der Waals surface area contributed by atoms with Crippen molar-refractivity contribution in [3.63, 3.8) is 0 Å². The van der Waals surface area contributed by atoms with Gasteiger partial charge in [0.05, 0.1) is 17.0 Å². The number of rotatable bonds is 4. The van der Waals surface area contributed by atoms with Crippen molar-refractivity contribution in [2.75, 3.05) is 5.73 Å². The van der Waals surface area contributed by atoms with Crippen molar-refractivity contribution in [3.05, 3.63) is 60.9 Å². The molecule has 4 aromatic rings. The second-order valence-electron chi connectivity index (χ2n) is 8.42. The Bertz CT molecular complexity index is 1190. The summed E-state index contributed by atoms with van der Waals surface area (Å²) in [6.07, 6.45) is 4.64. The van der Waals surface area contributed by atoms with E-state index in [1.165, 1.54) is 6.33 Å². The fourth-order valence-corrected chi connectivity index (χ4v) is 4.23. The highest BCUT2D eigenvalue weighted by Gasteiger charge is 2.31. The maximum atomic E-state index is 10.3. The number of nitrogen functional groups attached to an aromatic ring is 1. The van der Waals surface area contributed by atoms with E-state index in [0.29, 0.717) is 5.82 Å². The zero-order chi connectivity index (χ0) is 21.4. The lowest BCUT2D eigenvalue weighted by molar-refractivity contribution is 0.00900. The first-order valence-corrected chi connectivity index (χ1v) is 10.5. The molecule has 2 aromatic heterocycles. The van der Waals surface area contributed by atoms with Crippen molar-refractivity contribution in [1.82, 2.24) is 19.7 Å². The summed E-state index contributed by atoms with van der Waals surface area (Å²) in [6, 6.07) is 17.6. The Labute approximate surface area is 180 Å². The quantitative estimate of drug-likeness (QED) is 0.500. The number of hydrogen-bond donors (Lipinski definition) is 2. The summed E-state index contributed by atoms with van der Waals surface area (Å²) in [7, 11) is 0. The van der Waals surface area contributed by atoms with E-state index in [0.717, 1.165) is 59.5 Å². The zero-order valence-corrected chi connectivity index (χ0v) is 17.4. The Morgan fingerprint density at radius 2 is 1.68 bits per heavy atom. The van der Waals surface area contributed by atoms with Crippen molar-refractivity contribution in [2.24, 2.45) is 0 Å². The first-order valence-electron chi connectivity index (χ1n) is 10.5. The number of aromatic nitrogens is 4. The average Bonchev–Trinajstić information content (AvgIpc) is 3.16. The number of aliphatic hydroxyl groups is 1. The third-order valence-electron chi connectivity index (χ3n) is 6.00. The largest absolute Gasteiger partial charge is 0.457 e. The molecule has 1 saturated carbocycles. The highest BCUT2D eigenvalue weighted by molar-refractivity contribution is 5.98. The first kappa shape index (κ1) is 19.5. The third-order valence-corrected chi connectivity index (χ3v) is 6.00. The molecule has 158 valence electrons. The van der Waals surface area contributed by atoms with Gasteiger partial charge in [-0.15, -0.1) is 0 Å². The van der Waals surface area contributed by atoms with Crippen LogP contribution in [0.4, 0.5) is 5.82 Å². The van der Waals surface area contributed by atoms with E-state index in [2.05, 4.69) is 9.97 Å². The standard InChI is InChI=1S/C24H25N5O2/c1-24(30)13-11-17(12-14-24)29-23-20(22(25)26-15-27-23)21(28-29)16-7-9-19(10-8-16)31-18-5-3-2-4-6-18/h2-10,15,17,30H,11-14H2,1H3,(H2,25,26,27)/t17-,24+. The molecule has 3 N–H and O–H groups in total. The van der Waals surface area contributed by atoms with E-state index < -0.39 is 5.60 Å². The van der Waals surface area contributed by atoms with Crippen LogP contribution in [0.15, 0.2) is 60.9 Å². The fraction of sp³-hybridized carbons (Fsp3) is 0.292. The zero-order valence-electron chi connectivity index (χ0n) is 17.4. The van der Waals surface area contributed by atoms with Crippen LogP contribution in [0.5, 0.6) is 11.5 Å². The molecule has 0 unspecified atom stereocenters. The number of nitrogens with two attached hydrogens (primary N) is 1. The van der Waals surface area contributed by atoms with Crippen LogP contribution in [0.2, 0.25) is 0 Å². The molecular formula is C24H25N5O2. The predicted molar refractivity (Wildman–Crippen MR) is 120 cm³/mol. The summed E-state index contributed by atoms with van der Waals surface area (Å²) in [5.41, 5.74) is 8.06. The van der Waals surface area contributed by atoms with E-state index in [9.17, 15) is 5.11 Å². The Hall–Kier alpha value is -3.45. The van der Waals surface area contributed by atoms with Gasteiger partial charge in [-0.25, -0.2) is 14.6 Å². The molecule has 1 aliphatic rings. The molecule has 31 heavy (non-hydrogen) atoms. The molecule has 0 saturated heterocycles. The van der Waals surface area contributed by atoms with Crippen molar-refractivity contribution in [2.45, 2.75) is 44.2 Å². The minimum Gasteiger partial charge on any atom is -0.457 e. The summed E-state index contributed by atoms with van der Waals surface area (Å²) in [5, 5.41) is 16.0. The Balaban J connectivity index is 1.50. The third kappa shape index (κ3) is 3.84. The number of anilines is 1. The number of ether oxygens (including phenoxy) is 1. The van der Waals surface area contributed by atoms with E-state index >= 15 is 0 Å². The van der Waals surface area contributed by atoms with Crippen molar-refractivity contribution >= 4 is 16.9 Å². The fourth-order valence-electron chi connectivity index (χ4n) is 4.23. The molecule has 0 atom stereocenters. The number of para-hydroxylation sites is 1. The molecule has 5 rings (SSSR count). The van der Waals surface area contributed by atoms with E-state index in [-0.39, 0.29) is 6.04 Å². The highest BCUT2D eigenvalue weighted by atomic mass is 16.5. The summed E-state index contributed by atoms with van der Waals surface area (Å²) >= 11 is 0. The summed E-state index contributed by atoms with van der Waals surface area (Å²) < 4.78 is 7.87. The Kier molecular flexibility index (Phi) is 4.82. The molecule has 1 aliphatic carbocycles. The number of nitrogens with zero attached hydrogens (tertiary/aromatic N) is 4. The van der Waals surface area contributed by atoms with Crippen LogP contribution in [-0.2, 0) is 0 Å². The van der Waals surface area contributed by atoms with Gasteiger partial charge in [0.1, 0.15) is 29.3 Å². The molecule has 7 nitrogen and oxygen atoms in total. The number of hydrogen-bond acceptors (Lipinski definition) is 6. The van der Waals surface area contributed by atoms with Crippen LogP contribution in [-0.4, -0.2) is 30.5 Å². The SMILES string of the molecule is C[C@]1(O)CC[C@@H](n2nc(-c3ccc(Oc4ccccc4)cc3)c3c(N)ncnc32)CC1. The molecule has 0 radical (unpaired) electrons. The van der Waals surface area contributed by atoms with E-state index in [4.69, 9.17) is 15.6 Å². The molecule has 1 fully saturated rings. The minimum absolute atomic E-state index is 0.173. The molecule has 0 amide bonds. The molecular weight excluding hydrogens is 390 g/mol. The predicted octanol–water partition coefficient (Wildman–Crippen LogP) is 4.73. The van der Waals surface area contributed by atoms with Crippen LogP contribution in [0.1, 0.15) is 38.6 Å². The topological polar surface area (TPSA) is 99.1 Å². The lowest BCUT2D eigenvalue weighted by Crippen LogP contribution is -2.31. The van der Waals surface area contributed by atoms with Gasteiger partial charge in [0, 0.05) is 5.56 Å². The van der Waals surface area contributed by atoms with Crippen LogP contribution in [0.25, 0.3) is 22.3 Å². The van der Waals surface area contributed by atoms with Gasteiger partial charge in [0.15, 0.2) is 5.65 Å². The first-order chi connectivity index (χ1) is 15.0. The Morgan fingerprint density at radius 3 is 2.39 bits per heavy atom. The number of fused-ring (bicyclic) bond motifs is 1. The monoisotopic (exact) mass is 415 g/mol. The van der Waals surface area contributed by atoms with Crippen molar-refractivity contribution < 1.29 is 9.84 Å². The van der Waals surface area contributed by atoms with Gasteiger partial charge in [-0.1, -0.05) is 18.2 Å². The normalized spacial score (nSPS) is 21.3. The average molecular weight is 415 g/mol. The highest BCUT2D eigenvalue weighted by Crippen LogP contribution is 2.38. The maximum Gasteiger partial charge on any atom is 0.164 e. The van der Waals surface area contributed by atoms with Gasteiger partial charge >= 0.3 is 0 Å². The van der Waals surface area contributed by atoms with E-state index in [1.54, 1.807) is 0 Å². The second-order valence-corrected chi connectivity index (χ2v) is 8.42. The van der Waals surface area contributed by atoms with Gasteiger partial charge in [-0.05, 0) is 69.0 Å². The van der Waals surface area contributed by atoms with Crippen LogP contribution < -0.4 is 10.5 Å². The molecule has 0 aliphatic heterocycles. The molecule has 0 bridgehead atoms. The van der Waals surface area contributed by atoms with Gasteiger partial charge in [-0.3, -0.25) is 0 Å². The molecule has 0 spiro atoms.